The Kier molecular flexibility index (Phi) is 4.68. The van der Waals surface area contributed by atoms with Crippen LogP contribution in [0.3, 0.4) is 0 Å². The van der Waals surface area contributed by atoms with Gasteiger partial charge in [-0.15, -0.1) is 12.3 Å². The fourth-order valence-electron chi connectivity index (χ4n) is 1.28. The number of halogens is 1. The number of hydrogen-bond acceptors (Lipinski definition) is 4. The molecule has 1 unspecified atom stereocenters. The van der Waals surface area contributed by atoms with Crippen molar-refractivity contribution in [1.82, 2.24) is 0 Å². The van der Waals surface area contributed by atoms with Gasteiger partial charge in [0.1, 0.15) is 11.7 Å². The smallest absolute Gasteiger partial charge is 0.327 e. The molecule has 0 heterocycles. The van der Waals surface area contributed by atoms with E-state index in [1.807, 2.05) is 0 Å². The fraction of sp³-hybridized carbons (Fsp3) is 0.182. The van der Waals surface area contributed by atoms with E-state index in [2.05, 4.69) is 27.2 Å². The number of rotatable bonds is 5. The number of nitrogens with one attached hydrogen (secondary N) is 1. The van der Waals surface area contributed by atoms with Gasteiger partial charge in [-0.1, -0.05) is 15.9 Å². The van der Waals surface area contributed by atoms with Crippen molar-refractivity contribution in [3.05, 3.63) is 32.8 Å². The number of benzene rings is 1. The Morgan fingerprint density at radius 1 is 1.67 bits per heavy atom. The molecular weight excluding hydrogens is 304 g/mol. The van der Waals surface area contributed by atoms with Crippen molar-refractivity contribution in [3.8, 4) is 12.3 Å². The summed E-state index contributed by atoms with van der Waals surface area (Å²) in [7, 11) is 0. The van der Waals surface area contributed by atoms with Crippen LogP contribution >= 0.6 is 15.9 Å². The van der Waals surface area contributed by atoms with E-state index in [0.717, 1.165) is 0 Å². The molecule has 0 aliphatic heterocycles. The molecule has 0 aliphatic carbocycles. The number of carbonyl (C=O) groups is 1. The van der Waals surface area contributed by atoms with Crippen molar-refractivity contribution in [1.29, 1.82) is 0 Å². The van der Waals surface area contributed by atoms with Crippen molar-refractivity contribution in [2.75, 3.05) is 5.32 Å². The number of carboxylic acids is 1. The molecule has 0 amide bonds. The molecule has 0 aromatic heterocycles. The van der Waals surface area contributed by atoms with Gasteiger partial charge in [0.05, 0.1) is 4.92 Å². The molecule has 2 N–H and O–H groups in total. The van der Waals surface area contributed by atoms with Gasteiger partial charge in [-0.25, -0.2) is 4.79 Å². The highest BCUT2D eigenvalue weighted by molar-refractivity contribution is 9.10. The second-order valence-corrected chi connectivity index (χ2v) is 4.28. The molecule has 1 aromatic rings. The van der Waals surface area contributed by atoms with Crippen LogP contribution in [0.15, 0.2) is 22.7 Å². The molecule has 1 atom stereocenters. The Labute approximate surface area is 111 Å². The highest BCUT2D eigenvalue weighted by Gasteiger charge is 2.21. The van der Waals surface area contributed by atoms with E-state index in [-0.39, 0.29) is 17.8 Å². The first-order valence-electron chi connectivity index (χ1n) is 4.82. The first-order valence-corrected chi connectivity index (χ1v) is 5.61. The SMILES string of the molecule is C#CCC(Nc1ccc(Br)cc1[N+](=O)[O-])C(=O)O. The molecule has 0 aliphatic rings. The summed E-state index contributed by atoms with van der Waals surface area (Å²) in [6.07, 6.45) is 4.98. The number of nitro benzene ring substituents is 1. The third kappa shape index (κ3) is 3.46. The molecule has 0 spiro atoms. The normalized spacial score (nSPS) is 11.3. The molecule has 0 radical (unpaired) electrons. The molecule has 6 nitrogen and oxygen atoms in total. The third-order valence-corrected chi connectivity index (χ3v) is 2.60. The number of nitro groups is 1. The summed E-state index contributed by atoms with van der Waals surface area (Å²) in [6.45, 7) is 0. The summed E-state index contributed by atoms with van der Waals surface area (Å²) in [6, 6.07) is 3.23. The predicted octanol–water partition coefficient (Wildman–Crippen LogP) is 2.25. The van der Waals surface area contributed by atoms with Crippen LogP contribution in [-0.2, 0) is 4.79 Å². The number of terminal acetylenes is 1. The lowest BCUT2D eigenvalue weighted by molar-refractivity contribution is -0.384. The van der Waals surface area contributed by atoms with Crippen LogP contribution in [0.25, 0.3) is 0 Å². The van der Waals surface area contributed by atoms with Crippen LogP contribution in [0, 0.1) is 22.5 Å². The van der Waals surface area contributed by atoms with Crippen molar-refractivity contribution in [3.63, 3.8) is 0 Å². The van der Waals surface area contributed by atoms with Gasteiger partial charge in [0.2, 0.25) is 0 Å². The second-order valence-electron chi connectivity index (χ2n) is 3.36. The van der Waals surface area contributed by atoms with E-state index in [1.165, 1.54) is 12.1 Å². The zero-order valence-corrected chi connectivity index (χ0v) is 10.7. The average molecular weight is 313 g/mol. The van der Waals surface area contributed by atoms with Gasteiger partial charge in [0, 0.05) is 17.0 Å². The topological polar surface area (TPSA) is 92.5 Å². The van der Waals surface area contributed by atoms with E-state index >= 15 is 0 Å². The van der Waals surface area contributed by atoms with Crippen molar-refractivity contribution in [2.24, 2.45) is 0 Å². The quantitative estimate of drug-likeness (QED) is 0.494. The molecule has 7 heteroatoms. The molecule has 0 saturated carbocycles. The zero-order chi connectivity index (χ0) is 13.7. The van der Waals surface area contributed by atoms with Crippen LogP contribution in [0.5, 0.6) is 0 Å². The predicted molar refractivity (Wildman–Crippen MR) is 69.3 cm³/mol. The standard InChI is InChI=1S/C11H9BrN2O4/c1-2-3-9(11(15)16)13-8-5-4-7(12)6-10(8)14(17)18/h1,4-6,9,13H,3H2,(H,15,16). The van der Waals surface area contributed by atoms with Crippen LogP contribution in [0.1, 0.15) is 6.42 Å². The summed E-state index contributed by atoms with van der Waals surface area (Å²) in [4.78, 5) is 21.1. The minimum absolute atomic E-state index is 0.0669. The summed E-state index contributed by atoms with van der Waals surface area (Å²) in [5.74, 6) is 1.05. The number of nitrogens with zero attached hydrogens (tertiary/aromatic N) is 1. The molecule has 1 rings (SSSR count). The minimum atomic E-state index is -1.16. The number of hydrogen-bond donors (Lipinski definition) is 2. The van der Waals surface area contributed by atoms with Gasteiger partial charge >= 0.3 is 5.97 Å². The van der Waals surface area contributed by atoms with Gasteiger partial charge < -0.3 is 10.4 Å². The van der Waals surface area contributed by atoms with Gasteiger partial charge in [0.25, 0.3) is 5.69 Å². The van der Waals surface area contributed by atoms with E-state index in [1.54, 1.807) is 6.07 Å². The van der Waals surface area contributed by atoms with Crippen molar-refractivity contribution in [2.45, 2.75) is 12.5 Å². The van der Waals surface area contributed by atoms with Crippen LogP contribution < -0.4 is 5.32 Å². The van der Waals surface area contributed by atoms with Crippen LogP contribution in [0.2, 0.25) is 0 Å². The summed E-state index contributed by atoms with van der Waals surface area (Å²) >= 11 is 3.11. The average Bonchev–Trinajstić information content (AvgIpc) is 2.30. The number of aliphatic carboxylic acids is 1. The Balaban J connectivity index is 3.06. The van der Waals surface area contributed by atoms with Crippen molar-refractivity contribution >= 4 is 33.3 Å². The van der Waals surface area contributed by atoms with Gasteiger partial charge in [-0.3, -0.25) is 10.1 Å². The zero-order valence-electron chi connectivity index (χ0n) is 9.09. The maximum atomic E-state index is 10.9. The van der Waals surface area contributed by atoms with Gasteiger partial charge in [-0.05, 0) is 12.1 Å². The lowest BCUT2D eigenvalue weighted by Crippen LogP contribution is -2.29. The lowest BCUT2D eigenvalue weighted by Gasteiger charge is -2.13. The molecule has 0 fully saturated rings. The highest BCUT2D eigenvalue weighted by atomic mass is 79.9. The maximum Gasteiger partial charge on any atom is 0.327 e. The summed E-state index contributed by atoms with van der Waals surface area (Å²) < 4.78 is 0.531. The van der Waals surface area contributed by atoms with E-state index in [9.17, 15) is 14.9 Å². The van der Waals surface area contributed by atoms with Crippen molar-refractivity contribution < 1.29 is 14.8 Å². The monoisotopic (exact) mass is 312 g/mol. The largest absolute Gasteiger partial charge is 0.480 e. The molecular formula is C11H9BrN2O4. The summed E-state index contributed by atoms with van der Waals surface area (Å²) in [5, 5.41) is 22.3. The first kappa shape index (κ1) is 14.0. The summed E-state index contributed by atoms with van der Waals surface area (Å²) in [5.41, 5.74) is -0.0986. The van der Waals surface area contributed by atoms with Gasteiger partial charge in [-0.2, -0.15) is 0 Å². The molecule has 0 saturated heterocycles. The lowest BCUT2D eigenvalue weighted by atomic mass is 10.2. The Hall–Kier alpha value is -2.07. The third-order valence-electron chi connectivity index (χ3n) is 2.11. The Morgan fingerprint density at radius 2 is 2.33 bits per heavy atom. The van der Waals surface area contributed by atoms with Gasteiger partial charge in [0.15, 0.2) is 0 Å². The second kappa shape index (κ2) is 6.02. The number of anilines is 1. The first-order chi connectivity index (χ1) is 8.45. The minimum Gasteiger partial charge on any atom is -0.480 e. The van der Waals surface area contributed by atoms with Crippen LogP contribution in [0.4, 0.5) is 11.4 Å². The molecule has 0 bridgehead atoms. The Morgan fingerprint density at radius 3 is 2.83 bits per heavy atom. The van der Waals surface area contributed by atoms with E-state index in [4.69, 9.17) is 11.5 Å². The van der Waals surface area contributed by atoms with E-state index in [0.29, 0.717) is 4.47 Å². The molecule has 18 heavy (non-hydrogen) atoms. The number of carboxylic acid groups (broad SMARTS) is 1. The molecule has 1 aromatic carbocycles. The van der Waals surface area contributed by atoms with E-state index < -0.39 is 16.9 Å². The highest BCUT2D eigenvalue weighted by Crippen LogP contribution is 2.28. The Bertz CT molecular complexity index is 524. The maximum absolute atomic E-state index is 10.9. The molecule has 94 valence electrons. The fourth-order valence-corrected chi connectivity index (χ4v) is 1.63. The van der Waals surface area contributed by atoms with Crippen LogP contribution in [-0.4, -0.2) is 22.0 Å².